The van der Waals surface area contributed by atoms with Gasteiger partial charge in [-0.05, 0) is 24.3 Å². The van der Waals surface area contributed by atoms with Crippen molar-refractivity contribution in [1.29, 1.82) is 0 Å². The van der Waals surface area contributed by atoms with Crippen molar-refractivity contribution in [2.75, 3.05) is 18.4 Å². The van der Waals surface area contributed by atoms with Gasteiger partial charge in [-0.25, -0.2) is 14.2 Å². The highest BCUT2D eigenvalue weighted by Crippen LogP contribution is 2.20. The number of carbonyl (C=O) groups excluding carboxylic acids is 1. The first kappa shape index (κ1) is 12.9. The van der Waals surface area contributed by atoms with E-state index in [2.05, 4.69) is 10.3 Å². The molecule has 0 bridgehead atoms. The van der Waals surface area contributed by atoms with Crippen molar-refractivity contribution >= 4 is 23.1 Å². The second-order valence-electron chi connectivity index (χ2n) is 4.38. The van der Waals surface area contributed by atoms with Gasteiger partial charge < -0.3 is 15.0 Å². The lowest BCUT2D eigenvalue weighted by Crippen LogP contribution is -2.57. The maximum absolute atomic E-state index is 12.7. The molecule has 0 aliphatic carbocycles. The number of thiazole rings is 1. The average Bonchev–Trinajstić information content (AvgIpc) is 2.89. The number of carbonyl (C=O) groups is 1. The van der Waals surface area contributed by atoms with Crippen LogP contribution in [0.3, 0.4) is 0 Å². The lowest BCUT2D eigenvalue weighted by molar-refractivity contribution is 0.0491. The topological polar surface area (TPSA) is 54.5 Å². The van der Waals surface area contributed by atoms with Crippen molar-refractivity contribution in [3.05, 3.63) is 41.7 Å². The number of ether oxygens (including phenoxy) is 1. The van der Waals surface area contributed by atoms with E-state index in [0.29, 0.717) is 24.0 Å². The molecule has 104 valence electrons. The highest BCUT2D eigenvalue weighted by molar-refractivity contribution is 7.11. The summed E-state index contributed by atoms with van der Waals surface area (Å²) in [6.07, 6.45) is 1.66. The fourth-order valence-electron chi connectivity index (χ4n) is 1.83. The highest BCUT2D eigenvalue weighted by Gasteiger charge is 2.32. The van der Waals surface area contributed by atoms with E-state index < -0.39 is 0 Å². The normalized spacial score (nSPS) is 14.8. The zero-order chi connectivity index (χ0) is 13.9. The molecule has 1 aliphatic rings. The van der Waals surface area contributed by atoms with Crippen molar-refractivity contribution < 1.29 is 13.9 Å². The molecule has 2 heterocycles. The molecule has 7 heteroatoms. The van der Waals surface area contributed by atoms with E-state index in [4.69, 9.17) is 4.74 Å². The van der Waals surface area contributed by atoms with E-state index >= 15 is 0 Å². The van der Waals surface area contributed by atoms with Crippen LogP contribution in [0, 0.1) is 5.82 Å². The number of aromatic nitrogens is 1. The predicted octanol–water partition coefficient (Wildman–Crippen LogP) is 2.58. The molecule has 2 aromatic rings. The van der Waals surface area contributed by atoms with Gasteiger partial charge in [0, 0.05) is 17.3 Å². The molecule has 1 N–H and O–H groups in total. The molecule has 0 atom stereocenters. The van der Waals surface area contributed by atoms with Gasteiger partial charge >= 0.3 is 6.03 Å². The van der Waals surface area contributed by atoms with Gasteiger partial charge in [0.1, 0.15) is 11.9 Å². The average molecular weight is 293 g/mol. The number of hydrogen-bond acceptors (Lipinski definition) is 4. The van der Waals surface area contributed by atoms with E-state index in [9.17, 15) is 9.18 Å². The number of nitrogens with zero attached hydrogens (tertiary/aromatic N) is 2. The number of nitrogens with one attached hydrogen (secondary N) is 1. The van der Waals surface area contributed by atoms with Gasteiger partial charge in [0.05, 0.1) is 13.1 Å². The Bertz CT molecular complexity index is 582. The zero-order valence-corrected chi connectivity index (χ0v) is 11.3. The summed E-state index contributed by atoms with van der Waals surface area (Å²) in [6.45, 7) is 1.04. The summed E-state index contributed by atoms with van der Waals surface area (Å²) >= 11 is 1.43. The van der Waals surface area contributed by atoms with Gasteiger partial charge in [0.15, 0.2) is 0 Å². The van der Waals surface area contributed by atoms with Crippen molar-refractivity contribution in [3.63, 3.8) is 0 Å². The Hall–Kier alpha value is -2.15. The highest BCUT2D eigenvalue weighted by atomic mass is 32.1. The number of anilines is 1. The first-order valence-corrected chi connectivity index (χ1v) is 6.96. The third kappa shape index (κ3) is 2.88. The van der Waals surface area contributed by atoms with Crippen molar-refractivity contribution in [3.8, 4) is 5.19 Å². The second kappa shape index (κ2) is 5.46. The molecule has 3 rings (SSSR count). The van der Waals surface area contributed by atoms with E-state index in [0.717, 1.165) is 0 Å². The molecule has 1 saturated heterocycles. The predicted molar refractivity (Wildman–Crippen MR) is 73.5 cm³/mol. The molecule has 1 aromatic carbocycles. The molecular weight excluding hydrogens is 281 g/mol. The van der Waals surface area contributed by atoms with Gasteiger partial charge in [-0.2, -0.15) is 0 Å². The monoisotopic (exact) mass is 293 g/mol. The molecule has 1 aliphatic heterocycles. The molecule has 1 aromatic heterocycles. The third-order valence-corrected chi connectivity index (χ3v) is 3.57. The lowest BCUT2D eigenvalue weighted by atomic mass is 10.2. The minimum Gasteiger partial charge on any atom is -0.463 e. The summed E-state index contributed by atoms with van der Waals surface area (Å²) in [5.74, 6) is -0.330. The number of likely N-dealkylation sites (tertiary alicyclic amines) is 1. The lowest BCUT2D eigenvalue weighted by Gasteiger charge is -2.38. The molecule has 0 saturated carbocycles. The fraction of sp³-hybridized carbons (Fsp3) is 0.231. The summed E-state index contributed by atoms with van der Waals surface area (Å²) in [5, 5.41) is 5.16. The van der Waals surface area contributed by atoms with Crippen LogP contribution < -0.4 is 10.1 Å². The summed E-state index contributed by atoms with van der Waals surface area (Å²) in [6, 6.07) is 5.45. The minimum atomic E-state index is -0.330. The van der Waals surface area contributed by atoms with E-state index in [1.165, 1.54) is 35.6 Å². The van der Waals surface area contributed by atoms with Crippen LogP contribution in [0.25, 0.3) is 0 Å². The number of halogens is 1. The Kier molecular flexibility index (Phi) is 3.51. The van der Waals surface area contributed by atoms with Crippen molar-refractivity contribution in [2.24, 2.45) is 0 Å². The molecule has 0 spiro atoms. The van der Waals surface area contributed by atoms with Crippen molar-refractivity contribution in [2.45, 2.75) is 6.10 Å². The van der Waals surface area contributed by atoms with Crippen LogP contribution in [0.4, 0.5) is 14.9 Å². The van der Waals surface area contributed by atoms with Gasteiger partial charge in [-0.3, -0.25) is 0 Å². The summed E-state index contributed by atoms with van der Waals surface area (Å²) in [5.41, 5.74) is 0.570. The largest absolute Gasteiger partial charge is 0.463 e. The van der Waals surface area contributed by atoms with Crippen LogP contribution in [-0.4, -0.2) is 35.1 Å². The molecular formula is C13H12FN3O2S. The molecule has 1 fully saturated rings. The maximum atomic E-state index is 12.7. The number of urea groups is 1. The van der Waals surface area contributed by atoms with Crippen LogP contribution >= 0.6 is 11.3 Å². The Balaban J connectivity index is 1.47. The van der Waals surface area contributed by atoms with E-state index in [1.54, 1.807) is 11.1 Å². The molecule has 20 heavy (non-hydrogen) atoms. The van der Waals surface area contributed by atoms with Gasteiger partial charge in [0.2, 0.25) is 0 Å². The Morgan fingerprint density at radius 1 is 1.40 bits per heavy atom. The first-order valence-electron chi connectivity index (χ1n) is 6.08. The summed E-state index contributed by atoms with van der Waals surface area (Å²) in [4.78, 5) is 17.5. The molecule has 0 radical (unpaired) electrons. The summed E-state index contributed by atoms with van der Waals surface area (Å²) in [7, 11) is 0. The van der Waals surface area contributed by atoms with Crippen LogP contribution in [0.5, 0.6) is 5.19 Å². The second-order valence-corrected chi connectivity index (χ2v) is 5.24. The summed E-state index contributed by atoms with van der Waals surface area (Å²) < 4.78 is 18.3. The van der Waals surface area contributed by atoms with Crippen molar-refractivity contribution in [1.82, 2.24) is 9.88 Å². The minimum absolute atomic E-state index is 0.0138. The van der Waals surface area contributed by atoms with Crippen LogP contribution in [0.15, 0.2) is 35.8 Å². The van der Waals surface area contributed by atoms with Gasteiger partial charge in [-0.1, -0.05) is 11.3 Å². The number of rotatable bonds is 3. The Morgan fingerprint density at radius 3 is 2.80 bits per heavy atom. The van der Waals surface area contributed by atoms with Crippen LogP contribution in [-0.2, 0) is 0 Å². The van der Waals surface area contributed by atoms with E-state index in [-0.39, 0.29) is 18.0 Å². The SMILES string of the molecule is O=C(Nc1ccc(F)cc1)N1CC(Oc2nccs2)C1. The molecule has 2 amide bonds. The van der Waals surface area contributed by atoms with Crippen LogP contribution in [0.2, 0.25) is 0 Å². The zero-order valence-electron chi connectivity index (χ0n) is 10.5. The number of benzene rings is 1. The third-order valence-electron chi connectivity index (χ3n) is 2.91. The standard InChI is InChI=1S/C13H12FN3O2S/c14-9-1-3-10(4-2-9)16-12(18)17-7-11(8-17)19-13-15-5-6-20-13/h1-6,11H,7-8H2,(H,16,18). The number of amides is 2. The Labute approximate surface area is 119 Å². The van der Waals surface area contributed by atoms with Gasteiger partial charge in [-0.15, -0.1) is 0 Å². The fourth-order valence-corrected chi connectivity index (χ4v) is 2.38. The molecule has 5 nitrogen and oxygen atoms in total. The maximum Gasteiger partial charge on any atom is 0.322 e. The van der Waals surface area contributed by atoms with E-state index in [1.807, 2.05) is 5.38 Å². The first-order chi connectivity index (χ1) is 9.70. The number of hydrogen-bond donors (Lipinski definition) is 1. The quantitative estimate of drug-likeness (QED) is 0.946. The van der Waals surface area contributed by atoms with Crippen LogP contribution in [0.1, 0.15) is 0 Å². The molecule has 0 unspecified atom stereocenters. The smallest absolute Gasteiger partial charge is 0.322 e. The Morgan fingerprint density at radius 2 is 2.15 bits per heavy atom. The van der Waals surface area contributed by atoms with Gasteiger partial charge in [0.25, 0.3) is 5.19 Å².